The van der Waals surface area contributed by atoms with Gasteiger partial charge in [-0.1, -0.05) is 0 Å². The molecule has 4 nitrogen and oxygen atoms in total. The number of carboxylic acids is 1. The van der Waals surface area contributed by atoms with E-state index >= 15 is 0 Å². The molecular formula is C7H13NO3S. The first-order valence-electron chi connectivity index (χ1n) is 3.53. The molecule has 0 rings (SSSR count). The van der Waals surface area contributed by atoms with Crippen LogP contribution in [0.1, 0.15) is 6.42 Å². The van der Waals surface area contributed by atoms with Gasteiger partial charge in [0.2, 0.25) is 5.91 Å². The first-order chi connectivity index (χ1) is 5.54. The number of carboxylic acid groups (broad SMARTS) is 1. The molecule has 12 heavy (non-hydrogen) atoms. The maximum Gasteiger partial charge on any atom is 0.313 e. The molecule has 1 amide bonds. The molecule has 0 aromatic heterocycles. The molecule has 0 saturated carbocycles. The summed E-state index contributed by atoms with van der Waals surface area (Å²) in [5, 5.41) is 8.27. The van der Waals surface area contributed by atoms with Crippen LogP contribution >= 0.6 is 11.8 Å². The molecule has 0 saturated heterocycles. The molecule has 1 N–H and O–H groups in total. The molecule has 0 aliphatic heterocycles. The maximum atomic E-state index is 11.0. The van der Waals surface area contributed by atoms with Crippen molar-refractivity contribution in [3.63, 3.8) is 0 Å². The normalized spacial score (nSPS) is 9.50. The van der Waals surface area contributed by atoms with Crippen LogP contribution in [0.5, 0.6) is 0 Å². The van der Waals surface area contributed by atoms with E-state index in [1.807, 2.05) is 0 Å². The zero-order valence-electron chi connectivity index (χ0n) is 7.24. The molecule has 0 aliphatic rings. The minimum Gasteiger partial charge on any atom is -0.481 e. The SMILES string of the molecule is CN(C)C(=O)CCSCC(=O)O. The van der Waals surface area contributed by atoms with Crippen molar-refractivity contribution in [1.82, 2.24) is 4.90 Å². The molecule has 0 aromatic rings. The third kappa shape index (κ3) is 6.03. The molecule has 0 bridgehead atoms. The molecule has 0 aromatic carbocycles. The van der Waals surface area contributed by atoms with Gasteiger partial charge in [0.25, 0.3) is 0 Å². The molecule has 0 unspecified atom stereocenters. The van der Waals surface area contributed by atoms with Crippen LogP contribution in [0.4, 0.5) is 0 Å². The number of carbonyl (C=O) groups excluding carboxylic acids is 1. The summed E-state index contributed by atoms with van der Waals surface area (Å²) in [4.78, 5) is 22.5. The van der Waals surface area contributed by atoms with Gasteiger partial charge >= 0.3 is 5.97 Å². The van der Waals surface area contributed by atoms with Gasteiger partial charge in [-0.3, -0.25) is 9.59 Å². The summed E-state index contributed by atoms with van der Waals surface area (Å²) in [6.07, 6.45) is 0.408. The van der Waals surface area contributed by atoms with Crippen molar-refractivity contribution in [2.45, 2.75) is 6.42 Å². The Morgan fingerprint density at radius 1 is 1.42 bits per heavy atom. The first kappa shape index (κ1) is 11.3. The maximum absolute atomic E-state index is 11.0. The van der Waals surface area contributed by atoms with Gasteiger partial charge in [0.05, 0.1) is 5.75 Å². The van der Waals surface area contributed by atoms with Crippen molar-refractivity contribution < 1.29 is 14.7 Å². The van der Waals surface area contributed by atoms with Gasteiger partial charge in [-0.05, 0) is 0 Å². The largest absolute Gasteiger partial charge is 0.481 e. The van der Waals surface area contributed by atoms with Crippen LogP contribution in [0.3, 0.4) is 0 Å². The van der Waals surface area contributed by atoms with Crippen LogP contribution in [0, 0.1) is 0 Å². The summed E-state index contributed by atoms with van der Waals surface area (Å²) in [6, 6.07) is 0. The Labute approximate surface area is 75.9 Å². The minimum absolute atomic E-state index is 0.0351. The third-order valence-corrected chi connectivity index (χ3v) is 2.13. The van der Waals surface area contributed by atoms with Gasteiger partial charge in [-0.15, -0.1) is 11.8 Å². The van der Waals surface area contributed by atoms with E-state index in [-0.39, 0.29) is 11.7 Å². The quantitative estimate of drug-likeness (QED) is 0.634. The fourth-order valence-corrected chi connectivity index (χ4v) is 1.18. The van der Waals surface area contributed by atoms with Gasteiger partial charge in [-0.2, -0.15) is 0 Å². The van der Waals surface area contributed by atoms with Crippen molar-refractivity contribution in [3.8, 4) is 0 Å². The van der Waals surface area contributed by atoms with E-state index < -0.39 is 5.97 Å². The number of thioether (sulfide) groups is 1. The van der Waals surface area contributed by atoms with E-state index in [4.69, 9.17) is 5.11 Å². The number of nitrogens with zero attached hydrogens (tertiary/aromatic N) is 1. The highest BCUT2D eigenvalue weighted by atomic mass is 32.2. The van der Waals surface area contributed by atoms with E-state index in [9.17, 15) is 9.59 Å². The monoisotopic (exact) mass is 191 g/mol. The summed E-state index contributed by atoms with van der Waals surface area (Å²) in [5.41, 5.74) is 0. The number of hydrogen-bond acceptors (Lipinski definition) is 3. The zero-order chi connectivity index (χ0) is 9.56. The van der Waals surface area contributed by atoms with Gasteiger partial charge in [-0.25, -0.2) is 0 Å². The standard InChI is InChI=1S/C7H13NO3S/c1-8(2)6(9)3-4-12-5-7(10)11/h3-5H2,1-2H3,(H,10,11). The van der Waals surface area contributed by atoms with Gasteiger partial charge < -0.3 is 10.0 Å². The van der Waals surface area contributed by atoms with Crippen LogP contribution in [-0.2, 0) is 9.59 Å². The molecule has 70 valence electrons. The van der Waals surface area contributed by atoms with Gasteiger partial charge in [0.1, 0.15) is 0 Å². The summed E-state index contributed by atoms with van der Waals surface area (Å²) >= 11 is 1.26. The predicted octanol–water partition coefficient (Wildman–Crippen LogP) is 0.282. The van der Waals surface area contributed by atoms with Crippen molar-refractivity contribution in [3.05, 3.63) is 0 Å². The van der Waals surface area contributed by atoms with Gasteiger partial charge in [0, 0.05) is 26.3 Å². The fourth-order valence-electron chi connectivity index (χ4n) is 0.543. The Kier molecular flexibility index (Phi) is 5.53. The van der Waals surface area contributed by atoms with Crippen LogP contribution in [0.2, 0.25) is 0 Å². The lowest BCUT2D eigenvalue weighted by Crippen LogP contribution is -2.21. The Morgan fingerprint density at radius 2 is 2.00 bits per heavy atom. The molecule has 0 radical (unpaired) electrons. The number of aliphatic carboxylic acids is 1. The Balaban J connectivity index is 3.32. The lowest BCUT2D eigenvalue weighted by molar-refractivity contribution is -0.134. The molecule has 0 aliphatic carbocycles. The average Bonchev–Trinajstić information content (AvgIpc) is 1.97. The zero-order valence-corrected chi connectivity index (χ0v) is 8.06. The highest BCUT2D eigenvalue weighted by molar-refractivity contribution is 7.99. The number of carbonyl (C=O) groups is 2. The van der Waals surface area contributed by atoms with Crippen molar-refractivity contribution in [2.24, 2.45) is 0 Å². The highest BCUT2D eigenvalue weighted by Gasteiger charge is 2.03. The van der Waals surface area contributed by atoms with Crippen LogP contribution < -0.4 is 0 Å². The lowest BCUT2D eigenvalue weighted by Gasteiger charge is -2.08. The lowest BCUT2D eigenvalue weighted by atomic mass is 10.4. The van der Waals surface area contributed by atoms with Crippen LogP contribution in [0.15, 0.2) is 0 Å². The van der Waals surface area contributed by atoms with E-state index in [0.717, 1.165) is 0 Å². The predicted molar refractivity (Wildman–Crippen MR) is 48.3 cm³/mol. The first-order valence-corrected chi connectivity index (χ1v) is 4.69. The smallest absolute Gasteiger partial charge is 0.313 e. The summed E-state index contributed by atoms with van der Waals surface area (Å²) in [6.45, 7) is 0. The van der Waals surface area contributed by atoms with E-state index in [1.165, 1.54) is 16.7 Å². The second kappa shape index (κ2) is 5.88. The number of rotatable bonds is 5. The Hall–Kier alpha value is -0.710. The molecule has 5 heteroatoms. The van der Waals surface area contributed by atoms with Crippen molar-refractivity contribution in [2.75, 3.05) is 25.6 Å². The van der Waals surface area contributed by atoms with E-state index in [2.05, 4.69) is 0 Å². The molecule has 0 spiro atoms. The molecule has 0 heterocycles. The van der Waals surface area contributed by atoms with Crippen molar-refractivity contribution in [1.29, 1.82) is 0 Å². The Morgan fingerprint density at radius 3 is 2.42 bits per heavy atom. The molecular weight excluding hydrogens is 178 g/mol. The second-order valence-electron chi connectivity index (χ2n) is 2.48. The van der Waals surface area contributed by atoms with Crippen LogP contribution in [-0.4, -0.2) is 47.5 Å². The fraction of sp³-hybridized carbons (Fsp3) is 0.714. The minimum atomic E-state index is -0.836. The number of amides is 1. The summed E-state index contributed by atoms with van der Waals surface area (Å²) in [7, 11) is 3.37. The summed E-state index contributed by atoms with van der Waals surface area (Å²) < 4.78 is 0. The third-order valence-electron chi connectivity index (χ3n) is 1.18. The van der Waals surface area contributed by atoms with E-state index in [0.29, 0.717) is 12.2 Å². The average molecular weight is 191 g/mol. The topological polar surface area (TPSA) is 57.6 Å². The van der Waals surface area contributed by atoms with Crippen LogP contribution in [0.25, 0.3) is 0 Å². The van der Waals surface area contributed by atoms with Crippen molar-refractivity contribution >= 4 is 23.6 Å². The van der Waals surface area contributed by atoms with E-state index in [1.54, 1.807) is 14.1 Å². The second-order valence-corrected chi connectivity index (χ2v) is 3.59. The summed E-state index contributed by atoms with van der Waals surface area (Å²) in [5.74, 6) is -0.158. The Bertz CT molecular complexity index is 170. The highest BCUT2D eigenvalue weighted by Crippen LogP contribution is 2.02. The number of hydrogen-bond donors (Lipinski definition) is 1. The van der Waals surface area contributed by atoms with Gasteiger partial charge in [0.15, 0.2) is 0 Å². The molecule has 0 fully saturated rings. The molecule has 0 atom stereocenters.